The highest BCUT2D eigenvalue weighted by atomic mass is 19.3. The van der Waals surface area contributed by atoms with Gasteiger partial charge in [-0.2, -0.15) is 9.97 Å². The lowest BCUT2D eigenvalue weighted by molar-refractivity contribution is 0.0219. The van der Waals surface area contributed by atoms with Gasteiger partial charge in [0.15, 0.2) is 5.82 Å². The third kappa shape index (κ3) is 5.84. The molecule has 0 saturated carbocycles. The maximum atomic E-state index is 14.2. The Morgan fingerprint density at radius 2 is 1.65 bits per heavy atom. The first kappa shape index (κ1) is 27.1. The highest BCUT2D eigenvalue weighted by Crippen LogP contribution is 2.31. The number of morpholine rings is 1. The van der Waals surface area contributed by atoms with Crippen LogP contribution in [0.1, 0.15) is 37.9 Å². The molecule has 3 aliphatic rings. The average Bonchev–Trinajstić information content (AvgIpc) is 3.40. The van der Waals surface area contributed by atoms with E-state index in [9.17, 15) is 8.78 Å². The van der Waals surface area contributed by atoms with E-state index >= 15 is 0 Å². The number of alkyl halides is 2. The number of nitrogens with zero attached hydrogens (tertiary/aromatic N) is 6. The van der Waals surface area contributed by atoms with E-state index in [4.69, 9.17) is 24.2 Å². The SMILES string of the molecule is COc1ccc2nc(C(F)F)n(-c3cc(N4CCOCC4)nc(NCC4CCN(C5CCOCC5)CC4)n3)c2c1. The molecule has 6 rings (SSSR count). The number of ether oxygens (including phenoxy) is 3. The van der Waals surface area contributed by atoms with Crippen LogP contribution < -0.4 is 15.0 Å². The molecule has 5 heterocycles. The summed E-state index contributed by atoms with van der Waals surface area (Å²) in [6.07, 6.45) is 1.65. The summed E-state index contributed by atoms with van der Waals surface area (Å²) in [6, 6.07) is 7.51. The van der Waals surface area contributed by atoms with E-state index in [-0.39, 0.29) is 5.82 Å². The summed E-state index contributed by atoms with van der Waals surface area (Å²) in [5.41, 5.74) is 0.959. The lowest BCUT2D eigenvalue weighted by atomic mass is 9.94. The van der Waals surface area contributed by atoms with Gasteiger partial charge in [-0.3, -0.25) is 4.57 Å². The van der Waals surface area contributed by atoms with Gasteiger partial charge in [-0.25, -0.2) is 13.8 Å². The lowest BCUT2D eigenvalue weighted by Gasteiger charge is -2.39. The number of halogens is 2. The smallest absolute Gasteiger partial charge is 0.296 e. The average molecular weight is 558 g/mol. The standard InChI is InChI=1S/C28H37F2N7O3/c1-38-21-2-3-22-23(16-21)37(27(32-22)26(29)30)25-17-24(36-10-14-40-15-11-36)33-28(34-25)31-18-19-4-8-35(9-5-19)20-6-12-39-13-7-20/h2-3,16-17,19-20,26H,4-15,18H2,1H3,(H,31,33,34). The molecular formula is C28H37F2N7O3. The Morgan fingerprint density at radius 3 is 2.38 bits per heavy atom. The number of methoxy groups -OCH3 is 1. The van der Waals surface area contributed by atoms with Gasteiger partial charge in [-0.05, 0) is 56.8 Å². The fraction of sp³-hybridized carbons (Fsp3) is 0.607. The number of likely N-dealkylation sites (tertiary alicyclic amines) is 1. The zero-order chi connectivity index (χ0) is 27.5. The Hall–Kier alpha value is -3.09. The van der Waals surface area contributed by atoms with Crippen LogP contribution in [0.4, 0.5) is 20.5 Å². The number of aromatic nitrogens is 4. The molecule has 2 aromatic heterocycles. The summed E-state index contributed by atoms with van der Waals surface area (Å²) >= 11 is 0. The van der Waals surface area contributed by atoms with Gasteiger partial charge in [0.2, 0.25) is 5.95 Å². The monoisotopic (exact) mass is 557 g/mol. The molecule has 0 unspecified atom stereocenters. The van der Waals surface area contributed by atoms with Crippen molar-refractivity contribution in [3.05, 3.63) is 30.1 Å². The van der Waals surface area contributed by atoms with E-state index in [0.717, 1.165) is 58.5 Å². The predicted molar refractivity (Wildman–Crippen MR) is 148 cm³/mol. The molecule has 0 aliphatic carbocycles. The van der Waals surface area contributed by atoms with E-state index in [0.29, 0.717) is 72.6 Å². The molecule has 1 aromatic carbocycles. The quantitative estimate of drug-likeness (QED) is 0.443. The van der Waals surface area contributed by atoms with Crippen molar-refractivity contribution >= 4 is 22.8 Å². The van der Waals surface area contributed by atoms with E-state index in [1.165, 1.54) is 4.57 Å². The summed E-state index contributed by atoms with van der Waals surface area (Å²) in [4.78, 5) is 18.5. The lowest BCUT2D eigenvalue weighted by Crippen LogP contribution is -2.44. The Bertz CT molecular complexity index is 1290. The van der Waals surface area contributed by atoms with Crippen molar-refractivity contribution in [1.82, 2.24) is 24.4 Å². The summed E-state index contributed by atoms with van der Waals surface area (Å²) in [7, 11) is 1.55. The summed E-state index contributed by atoms with van der Waals surface area (Å²) in [5, 5.41) is 3.45. The van der Waals surface area contributed by atoms with Crippen LogP contribution in [-0.4, -0.2) is 96.7 Å². The van der Waals surface area contributed by atoms with Crippen molar-refractivity contribution in [3.63, 3.8) is 0 Å². The number of benzene rings is 1. The fourth-order valence-electron chi connectivity index (χ4n) is 5.97. The number of hydrogen-bond acceptors (Lipinski definition) is 9. The van der Waals surface area contributed by atoms with Gasteiger partial charge < -0.3 is 29.3 Å². The minimum absolute atomic E-state index is 0.347. The highest BCUT2D eigenvalue weighted by Gasteiger charge is 2.27. The molecule has 3 aliphatic heterocycles. The number of fused-ring (bicyclic) bond motifs is 1. The normalized spacial score (nSPS) is 19.9. The van der Waals surface area contributed by atoms with Gasteiger partial charge in [0.25, 0.3) is 6.43 Å². The first-order valence-electron chi connectivity index (χ1n) is 14.2. The Balaban J connectivity index is 1.26. The van der Waals surface area contributed by atoms with Crippen LogP contribution in [-0.2, 0) is 9.47 Å². The van der Waals surface area contributed by atoms with Gasteiger partial charge in [0.05, 0.1) is 31.4 Å². The number of nitrogens with one attached hydrogen (secondary N) is 1. The molecule has 0 atom stereocenters. The van der Waals surface area contributed by atoms with E-state index < -0.39 is 6.43 Å². The van der Waals surface area contributed by atoms with Crippen molar-refractivity contribution < 1.29 is 23.0 Å². The van der Waals surface area contributed by atoms with E-state index in [1.807, 2.05) is 0 Å². The minimum Gasteiger partial charge on any atom is -0.497 e. The van der Waals surface area contributed by atoms with Crippen molar-refractivity contribution in [3.8, 4) is 11.6 Å². The minimum atomic E-state index is -2.78. The second-order valence-electron chi connectivity index (χ2n) is 10.7. The summed E-state index contributed by atoms with van der Waals surface area (Å²) < 4.78 is 46.3. The predicted octanol–water partition coefficient (Wildman–Crippen LogP) is 3.90. The topological polar surface area (TPSA) is 89.8 Å². The van der Waals surface area contributed by atoms with Crippen LogP contribution >= 0.6 is 0 Å². The van der Waals surface area contributed by atoms with Gasteiger partial charge in [-0.1, -0.05) is 0 Å². The number of imidazole rings is 1. The third-order valence-electron chi connectivity index (χ3n) is 8.25. The number of rotatable bonds is 8. The van der Waals surface area contributed by atoms with E-state index in [2.05, 4.69) is 20.1 Å². The molecule has 0 spiro atoms. The largest absolute Gasteiger partial charge is 0.497 e. The second-order valence-corrected chi connectivity index (χ2v) is 10.7. The maximum Gasteiger partial charge on any atom is 0.296 e. The van der Waals surface area contributed by atoms with Crippen molar-refractivity contribution in [2.24, 2.45) is 5.92 Å². The molecule has 10 nitrogen and oxygen atoms in total. The Kier molecular flexibility index (Phi) is 8.26. The maximum absolute atomic E-state index is 14.2. The second kappa shape index (κ2) is 12.2. The highest BCUT2D eigenvalue weighted by molar-refractivity contribution is 5.80. The van der Waals surface area contributed by atoms with Crippen LogP contribution in [0.15, 0.2) is 24.3 Å². The van der Waals surface area contributed by atoms with Crippen LogP contribution in [0, 0.1) is 5.92 Å². The molecule has 12 heteroatoms. The van der Waals surface area contributed by atoms with Gasteiger partial charge >= 0.3 is 0 Å². The van der Waals surface area contributed by atoms with Crippen molar-refractivity contribution in [2.45, 2.75) is 38.2 Å². The molecule has 216 valence electrons. The van der Waals surface area contributed by atoms with Gasteiger partial charge in [0, 0.05) is 51.0 Å². The fourth-order valence-corrected chi connectivity index (χ4v) is 5.97. The molecular weight excluding hydrogens is 520 g/mol. The molecule has 3 aromatic rings. The molecule has 0 amide bonds. The zero-order valence-corrected chi connectivity index (χ0v) is 22.9. The van der Waals surface area contributed by atoms with Crippen LogP contribution in [0.25, 0.3) is 16.9 Å². The van der Waals surface area contributed by atoms with E-state index in [1.54, 1.807) is 31.4 Å². The first-order valence-corrected chi connectivity index (χ1v) is 14.2. The third-order valence-corrected chi connectivity index (χ3v) is 8.25. The number of piperidine rings is 1. The summed E-state index contributed by atoms with van der Waals surface area (Å²) in [5.74, 6) is 2.14. The number of anilines is 2. The molecule has 0 radical (unpaired) electrons. The van der Waals surface area contributed by atoms with Crippen molar-refractivity contribution in [2.75, 3.05) is 76.5 Å². The molecule has 3 fully saturated rings. The first-order chi connectivity index (χ1) is 19.6. The van der Waals surface area contributed by atoms with Crippen LogP contribution in [0.2, 0.25) is 0 Å². The molecule has 1 N–H and O–H groups in total. The molecule has 3 saturated heterocycles. The molecule has 0 bridgehead atoms. The summed E-state index contributed by atoms with van der Waals surface area (Å²) in [6.45, 7) is 7.11. The van der Waals surface area contributed by atoms with Crippen LogP contribution in [0.5, 0.6) is 5.75 Å². The van der Waals surface area contributed by atoms with Crippen LogP contribution in [0.3, 0.4) is 0 Å². The zero-order valence-electron chi connectivity index (χ0n) is 22.9. The Morgan fingerprint density at radius 1 is 0.925 bits per heavy atom. The molecule has 40 heavy (non-hydrogen) atoms. The van der Waals surface area contributed by atoms with Gasteiger partial charge in [0.1, 0.15) is 17.4 Å². The number of hydrogen-bond donors (Lipinski definition) is 1. The van der Waals surface area contributed by atoms with Gasteiger partial charge in [-0.15, -0.1) is 0 Å². The van der Waals surface area contributed by atoms with Crippen molar-refractivity contribution in [1.29, 1.82) is 0 Å². The Labute approximate surface area is 232 Å².